The van der Waals surface area contributed by atoms with Crippen molar-refractivity contribution >= 4 is 11.6 Å². The van der Waals surface area contributed by atoms with Gasteiger partial charge >= 0.3 is 0 Å². The van der Waals surface area contributed by atoms with E-state index in [-0.39, 0.29) is 34.9 Å². The molecule has 0 saturated heterocycles. The zero-order valence-electron chi connectivity index (χ0n) is 8.51. The summed E-state index contributed by atoms with van der Waals surface area (Å²) in [6, 6.07) is 1.84. The van der Waals surface area contributed by atoms with Gasteiger partial charge in [0.15, 0.2) is 5.75 Å². The van der Waals surface area contributed by atoms with Gasteiger partial charge in [-0.1, -0.05) is 0 Å². The third-order valence-electron chi connectivity index (χ3n) is 2.04. The monoisotopic (exact) mass is 246 g/mol. The quantitative estimate of drug-likeness (QED) is 0.768. The molecule has 1 aromatic heterocycles. The summed E-state index contributed by atoms with van der Waals surface area (Å²) in [7, 11) is 1.27. The van der Waals surface area contributed by atoms with Gasteiger partial charge in [0, 0.05) is 12.1 Å². The predicted octanol–water partition coefficient (Wildman–Crippen LogP) is 2.83. The van der Waals surface area contributed by atoms with Crippen molar-refractivity contribution in [1.82, 2.24) is 4.98 Å². The molecule has 0 fully saturated rings. The molecule has 86 valence electrons. The van der Waals surface area contributed by atoms with Crippen LogP contribution in [0, 0.1) is 11.3 Å². The summed E-state index contributed by atoms with van der Waals surface area (Å²) in [5, 5.41) is 8.54. The number of nitrogens with zero attached hydrogens (tertiary/aromatic N) is 2. The van der Waals surface area contributed by atoms with E-state index in [1.54, 1.807) is 0 Å². The van der Waals surface area contributed by atoms with Gasteiger partial charge < -0.3 is 4.74 Å². The maximum Gasteiger partial charge on any atom is 0.267 e. The average molecular weight is 247 g/mol. The van der Waals surface area contributed by atoms with Crippen molar-refractivity contribution in [2.75, 3.05) is 7.11 Å². The molecule has 0 amide bonds. The Morgan fingerprint density at radius 2 is 2.31 bits per heavy atom. The molecule has 0 aliphatic rings. The van der Waals surface area contributed by atoms with E-state index in [4.69, 9.17) is 21.6 Å². The van der Waals surface area contributed by atoms with Crippen molar-refractivity contribution in [2.45, 2.75) is 18.7 Å². The number of methoxy groups -OCH3 is 1. The number of alkyl halides is 3. The van der Waals surface area contributed by atoms with Crippen LogP contribution in [0.15, 0.2) is 6.20 Å². The molecule has 0 atom stereocenters. The number of rotatable bonds is 4. The third kappa shape index (κ3) is 2.39. The van der Waals surface area contributed by atoms with Crippen LogP contribution in [0.25, 0.3) is 0 Å². The summed E-state index contributed by atoms with van der Waals surface area (Å²) in [6.45, 7) is 0. The molecule has 0 spiro atoms. The summed E-state index contributed by atoms with van der Waals surface area (Å²) >= 11 is 5.54. The van der Waals surface area contributed by atoms with Gasteiger partial charge in [-0.25, -0.2) is 8.78 Å². The van der Waals surface area contributed by atoms with Gasteiger partial charge in [-0.2, -0.15) is 5.26 Å². The smallest absolute Gasteiger partial charge is 0.267 e. The molecule has 1 aromatic rings. The molecule has 0 unspecified atom stereocenters. The highest BCUT2D eigenvalue weighted by molar-refractivity contribution is 6.17. The predicted molar refractivity (Wildman–Crippen MR) is 54.6 cm³/mol. The first-order chi connectivity index (χ1) is 7.65. The van der Waals surface area contributed by atoms with Gasteiger partial charge in [0.05, 0.1) is 30.9 Å². The first-order valence-electron chi connectivity index (χ1n) is 4.41. The van der Waals surface area contributed by atoms with Crippen molar-refractivity contribution in [3.8, 4) is 11.8 Å². The summed E-state index contributed by atoms with van der Waals surface area (Å²) in [4.78, 5) is 3.89. The van der Waals surface area contributed by atoms with Crippen LogP contribution in [0.1, 0.15) is 23.2 Å². The summed E-state index contributed by atoms with van der Waals surface area (Å²) < 4.78 is 30.5. The van der Waals surface area contributed by atoms with Crippen molar-refractivity contribution in [3.05, 3.63) is 23.0 Å². The maximum atomic E-state index is 12.8. The second kappa shape index (κ2) is 5.61. The van der Waals surface area contributed by atoms with E-state index in [1.165, 1.54) is 13.3 Å². The zero-order chi connectivity index (χ0) is 12.1. The van der Waals surface area contributed by atoms with Gasteiger partial charge in [-0.15, -0.1) is 11.6 Å². The topological polar surface area (TPSA) is 45.9 Å². The first-order valence-corrected chi connectivity index (χ1v) is 4.94. The van der Waals surface area contributed by atoms with Crippen LogP contribution in [0.3, 0.4) is 0 Å². The lowest BCUT2D eigenvalue weighted by molar-refractivity contribution is 0.145. The molecule has 0 aromatic carbocycles. The van der Waals surface area contributed by atoms with Crippen LogP contribution < -0.4 is 4.74 Å². The van der Waals surface area contributed by atoms with Crippen LogP contribution in [-0.2, 0) is 12.3 Å². The molecule has 6 heteroatoms. The molecule has 0 aliphatic carbocycles. The highest BCUT2D eigenvalue weighted by Crippen LogP contribution is 2.34. The lowest BCUT2D eigenvalue weighted by Gasteiger charge is -2.13. The molecule has 1 rings (SSSR count). The fourth-order valence-electron chi connectivity index (χ4n) is 1.36. The van der Waals surface area contributed by atoms with Crippen LogP contribution in [0.5, 0.6) is 5.75 Å². The molecule has 0 bridgehead atoms. The number of hydrogen-bond donors (Lipinski definition) is 0. The van der Waals surface area contributed by atoms with Crippen molar-refractivity contribution in [1.29, 1.82) is 5.26 Å². The average Bonchev–Trinajstić information content (AvgIpc) is 2.28. The molecular weight excluding hydrogens is 238 g/mol. The summed E-state index contributed by atoms with van der Waals surface area (Å²) in [5.74, 6) is -0.120. The minimum absolute atomic E-state index is 0.0466. The van der Waals surface area contributed by atoms with Crippen LogP contribution in [0.2, 0.25) is 0 Å². The van der Waals surface area contributed by atoms with E-state index < -0.39 is 6.43 Å². The van der Waals surface area contributed by atoms with E-state index in [0.717, 1.165) is 0 Å². The van der Waals surface area contributed by atoms with Gasteiger partial charge in [0.1, 0.15) is 0 Å². The molecule has 0 N–H and O–H groups in total. The lowest BCUT2D eigenvalue weighted by atomic mass is 10.1. The number of nitriles is 1. The van der Waals surface area contributed by atoms with E-state index >= 15 is 0 Å². The van der Waals surface area contributed by atoms with Crippen molar-refractivity contribution < 1.29 is 13.5 Å². The summed E-state index contributed by atoms with van der Waals surface area (Å²) in [5.41, 5.74) is 0.141. The molecular formula is C10H9ClF2N2O. The highest BCUT2D eigenvalue weighted by atomic mass is 35.5. The Morgan fingerprint density at radius 1 is 1.62 bits per heavy atom. The van der Waals surface area contributed by atoms with Crippen molar-refractivity contribution in [3.63, 3.8) is 0 Å². The number of halogens is 3. The van der Waals surface area contributed by atoms with Crippen LogP contribution in [0.4, 0.5) is 8.78 Å². The van der Waals surface area contributed by atoms with Gasteiger partial charge in [0.25, 0.3) is 6.43 Å². The van der Waals surface area contributed by atoms with Crippen molar-refractivity contribution in [2.24, 2.45) is 0 Å². The van der Waals surface area contributed by atoms with E-state index in [1.807, 2.05) is 6.07 Å². The fraction of sp³-hybridized carbons (Fsp3) is 0.400. The lowest BCUT2D eigenvalue weighted by Crippen LogP contribution is -2.04. The summed E-state index contributed by atoms with van der Waals surface area (Å²) in [6.07, 6.45) is -1.53. The van der Waals surface area contributed by atoms with Crippen LogP contribution >= 0.6 is 11.6 Å². The van der Waals surface area contributed by atoms with Gasteiger partial charge in [0.2, 0.25) is 0 Å². The van der Waals surface area contributed by atoms with Crippen LogP contribution in [-0.4, -0.2) is 12.1 Å². The normalized spacial score (nSPS) is 10.2. The van der Waals surface area contributed by atoms with E-state index in [0.29, 0.717) is 0 Å². The number of aromatic nitrogens is 1. The number of pyridine rings is 1. The second-order valence-electron chi connectivity index (χ2n) is 2.95. The largest absolute Gasteiger partial charge is 0.494 e. The molecule has 3 nitrogen and oxygen atoms in total. The SMILES string of the molecule is COc1c(CC#N)ncc(CCl)c1C(F)F. The Kier molecular flexibility index (Phi) is 4.44. The maximum absolute atomic E-state index is 12.8. The molecule has 1 heterocycles. The first kappa shape index (κ1) is 12.7. The molecule has 0 radical (unpaired) electrons. The Hall–Kier alpha value is -1.41. The minimum Gasteiger partial charge on any atom is -0.494 e. The Morgan fingerprint density at radius 3 is 2.75 bits per heavy atom. The molecule has 16 heavy (non-hydrogen) atoms. The van der Waals surface area contributed by atoms with Gasteiger partial charge in [-0.3, -0.25) is 4.98 Å². The molecule has 0 saturated carbocycles. The van der Waals surface area contributed by atoms with E-state index in [9.17, 15) is 8.78 Å². The minimum atomic E-state index is -2.70. The Bertz CT molecular complexity index is 418. The Balaban J connectivity index is 3.38. The number of ether oxygens (including phenoxy) is 1. The molecule has 0 aliphatic heterocycles. The highest BCUT2D eigenvalue weighted by Gasteiger charge is 2.22. The third-order valence-corrected chi connectivity index (χ3v) is 2.33. The fourth-order valence-corrected chi connectivity index (χ4v) is 1.57. The Labute approximate surface area is 96.6 Å². The zero-order valence-corrected chi connectivity index (χ0v) is 9.26. The second-order valence-corrected chi connectivity index (χ2v) is 3.21. The van der Waals surface area contributed by atoms with E-state index in [2.05, 4.69) is 4.98 Å². The standard InChI is InChI=1S/C10H9ClF2N2O/c1-16-9-7(2-3-14)15-5-6(4-11)8(9)10(12)13/h5,10H,2,4H2,1H3. The van der Waals surface area contributed by atoms with Gasteiger partial charge in [-0.05, 0) is 5.56 Å². The number of hydrogen-bond acceptors (Lipinski definition) is 3.